The van der Waals surface area contributed by atoms with Crippen LogP contribution in [-0.4, -0.2) is 29.9 Å². The van der Waals surface area contributed by atoms with E-state index in [4.69, 9.17) is 14.6 Å². The number of anilines is 1. The second-order valence-corrected chi connectivity index (χ2v) is 7.78. The zero-order valence-corrected chi connectivity index (χ0v) is 18.4. The number of amides is 1. The van der Waals surface area contributed by atoms with E-state index in [1.165, 1.54) is 0 Å². The van der Waals surface area contributed by atoms with Crippen molar-refractivity contribution in [3.05, 3.63) is 95.7 Å². The van der Waals surface area contributed by atoms with Crippen LogP contribution in [0.25, 0.3) is 11.3 Å². The van der Waals surface area contributed by atoms with E-state index in [0.29, 0.717) is 23.6 Å². The van der Waals surface area contributed by atoms with Gasteiger partial charge in [0.25, 0.3) is 5.91 Å². The standard InChI is InChI=1S/C26H24N4O3/c1-32-22-13-12-18(14-23(22)33-2)24-20(16-30(29-24)15-17-8-4-3-5-9-17)25-27-21-11-7-6-10-19(21)26(31)28-25/h3-14,16,25,27H,15H2,1-2H3,(H,28,31)/t25-/m1/s1. The number of nitrogens with zero attached hydrogens (tertiary/aromatic N) is 2. The SMILES string of the molecule is COc1ccc(-c2nn(Cc3ccccc3)cc2[C@H]2NC(=O)c3ccccc3N2)cc1OC. The van der Waals surface area contributed by atoms with Crippen molar-refractivity contribution in [1.82, 2.24) is 15.1 Å². The van der Waals surface area contributed by atoms with E-state index in [9.17, 15) is 4.79 Å². The first kappa shape index (κ1) is 20.6. The van der Waals surface area contributed by atoms with Crippen LogP contribution in [0, 0.1) is 0 Å². The number of benzene rings is 3. The molecule has 7 nitrogen and oxygen atoms in total. The van der Waals surface area contributed by atoms with Gasteiger partial charge in [-0.3, -0.25) is 9.48 Å². The Morgan fingerprint density at radius 1 is 0.909 bits per heavy atom. The minimum absolute atomic E-state index is 0.122. The first-order valence-electron chi connectivity index (χ1n) is 10.7. The summed E-state index contributed by atoms with van der Waals surface area (Å²) in [6.07, 6.45) is 1.55. The first-order valence-corrected chi connectivity index (χ1v) is 10.7. The first-order chi connectivity index (χ1) is 16.2. The molecule has 33 heavy (non-hydrogen) atoms. The topological polar surface area (TPSA) is 77.4 Å². The number of hydrogen-bond donors (Lipinski definition) is 2. The van der Waals surface area contributed by atoms with Crippen molar-refractivity contribution in [2.24, 2.45) is 0 Å². The average molecular weight is 441 g/mol. The lowest BCUT2D eigenvalue weighted by Crippen LogP contribution is -2.38. The molecule has 5 rings (SSSR count). The van der Waals surface area contributed by atoms with E-state index in [-0.39, 0.29) is 5.91 Å². The lowest BCUT2D eigenvalue weighted by atomic mass is 10.0. The normalized spacial score (nSPS) is 14.7. The molecule has 0 radical (unpaired) electrons. The van der Waals surface area contributed by atoms with E-state index < -0.39 is 6.17 Å². The van der Waals surface area contributed by atoms with Gasteiger partial charge in [0.2, 0.25) is 0 Å². The molecule has 1 aliphatic heterocycles. The van der Waals surface area contributed by atoms with Crippen molar-refractivity contribution in [2.45, 2.75) is 12.7 Å². The van der Waals surface area contributed by atoms with Gasteiger partial charge in [0.1, 0.15) is 6.17 Å². The molecular formula is C26H24N4O3. The van der Waals surface area contributed by atoms with Gasteiger partial charge in [-0.25, -0.2) is 0 Å². The molecule has 0 spiro atoms. The lowest BCUT2D eigenvalue weighted by molar-refractivity contribution is 0.0936. The molecule has 0 aliphatic carbocycles. The molecule has 3 aromatic carbocycles. The number of carbonyl (C=O) groups is 1. The Morgan fingerprint density at radius 3 is 2.45 bits per heavy atom. The lowest BCUT2D eigenvalue weighted by Gasteiger charge is -2.27. The van der Waals surface area contributed by atoms with Gasteiger partial charge in [0.15, 0.2) is 11.5 Å². The highest BCUT2D eigenvalue weighted by Gasteiger charge is 2.28. The van der Waals surface area contributed by atoms with Crippen molar-refractivity contribution < 1.29 is 14.3 Å². The molecule has 4 aromatic rings. The predicted molar refractivity (Wildman–Crippen MR) is 127 cm³/mol. The van der Waals surface area contributed by atoms with Gasteiger partial charge in [0.05, 0.1) is 32.0 Å². The molecule has 7 heteroatoms. The maximum absolute atomic E-state index is 12.8. The Kier molecular flexibility index (Phi) is 5.44. The molecule has 166 valence electrons. The van der Waals surface area contributed by atoms with Crippen LogP contribution >= 0.6 is 0 Å². The highest BCUT2D eigenvalue weighted by molar-refractivity contribution is 6.01. The summed E-state index contributed by atoms with van der Waals surface area (Å²) in [5, 5.41) is 11.4. The molecule has 0 saturated carbocycles. The minimum atomic E-state index is -0.431. The predicted octanol–water partition coefficient (Wildman–Crippen LogP) is 4.47. The zero-order chi connectivity index (χ0) is 22.8. The smallest absolute Gasteiger partial charge is 0.255 e. The van der Waals surface area contributed by atoms with Gasteiger partial charge in [-0.1, -0.05) is 42.5 Å². The van der Waals surface area contributed by atoms with Gasteiger partial charge >= 0.3 is 0 Å². The van der Waals surface area contributed by atoms with Crippen LogP contribution in [-0.2, 0) is 6.54 Å². The highest BCUT2D eigenvalue weighted by Crippen LogP contribution is 2.36. The maximum atomic E-state index is 12.8. The summed E-state index contributed by atoms with van der Waals surface area (Å²) in [6.45, 7) is 0.610. The quantitative estimate of drug-likeness (QED) is 0.463. The number of methoxy groups -OCH3 is 2. The fraction of sp³-hybridized carbons (Fsp3) is 0.154. The van der Waals surface area contributed by atoms with Gasteiger partial charge in [-0.15, -0.1) is 0 Å². The Morgan fingerprint density at radius 2 is 1.67 bits per heavy atom. The van der Waals surface area contributed by atoms with Crippen LogP contribution < -0.4 is 20.1 Å². The molecule has 0 saturated heterocycles. The summed E-state index contributed by atoms with van der Waals surface area (Å²) in [6, 6.07) is 23.3. The summed E-state index contributed by atoms with van der Waals surface area (Å²) >= 11 is 0. The highest BCUT2D eigenvalue weighted by atomic mass is 16.5. The molecule has 0 bridgehead atoms. The Balaban J connectivity index is 1.58. The van der Waals surface area contributed by atoms with Crippen LogP contribution in [0.5, 0.6) is 11.5 Å². The molecule has 0 unspecified atom stereocenters. The summed E-state index contributed by atoms with van der Waals surface area (Å²) in [5.41, 5.74) is 5.03. The molecule has 0 fully saturated rings. The zero-order valence-electron chi connectivity index (χ0n) is 18.4. The van der Waals surface area contributed by atoms with Crippen molar-refractivity contribution in [3.8, 4) is 22.8 Å². The third-order valence-electron chi connectivity index (χ3n) is 5.69. The molecule has 1 amide bonds. The number of para-hydroxylation sites is 1. The van der Waals surface area contributed by atoms with Gasteiger partial charge in [-0.2, -0.15) is 5.10 Å². The maximum Gasteiger partial charge on any atom is 0.255 e. The second kappa shape index (κ2) is 8.70. The third kappa shape index (κ3) is 4.01. The van der Waals surface area contributed by atoms with Crippen molar-refractivity contribution in [2.75, 3.05) is 19.5 Å². The van der Waals surface area contributed by atoms with E-state index in [0.717, 1.165) is 28.1 Å². The van der Waals surface area contributed by atoms with Crippen molar-refractivity contribution in [1.29, 1.82) is 0 Å². The fourth-order valence-corrected chi connectivity index (χ4v) is 4.07. The van der Waals surface area contributed by atoms with Gasteiger partial charge in [-0.05, 0) is 35.9 Å². The monoisotopic (exact) mass is 440 g/mol. The van der Waals surface area contributed by atoms with Crippen LogP contribution in [0.1, 0.15) is 27.7 Å². The number of fused-ring (bicyclic) bond motifs is 1. The van der Waals surface area contributed by atoms with E-state index >= 15 is 0 Å². The minimum Gasteiger partial charge on any atom is -0.493 e. The number of aromatic nitrogens is 2. The number of ether oxygens (including phenoxy) is 2. The average Bonchev–Trinajstić information content (AvgIpc) is 3.28. The van der Waals surface area contributed by atoms with Crippen LogP contribution in [0.3, 0.4) is 0 Å². The summed E-state index contributed by atoms with van der Waals surface area (Å²) < 4.78 is 12.8. The molecule has 1 atom stereocenters. The van der Waals surface area contributed by atoms with Crippen LogP contribution in [0.2, 0.25) is 0 Å². The largest absolute Gasteiger partial charge is 0.493 e. The third-order valence-corrected chi connectivity index (χ3v) is 5.69. The van der Waals surface area contributed by atoms with E-state index in [2.05, 4.69) is 22.8 Å². The fourth-order valence-electron chi connectivity index (χ4n) is 4.07. The Bertz CT molecular complexity index is 1300. The summed E-state index contributed by atoms with van der Waals surface area (Å²) in [5.74, 6) is 1.14. The van der Waals surface area contributed by atoms with Crippen molar-refractivity contribution >= 4 is 11.6 Å². The summed E-state index contributed by atoms with van der Waals surface area (Å²) in [7, 11) is 3.22. The Labute approximate surface area is 192 Å². The Hall–Kier alpha value is -4.26. The van der Waals surface area contributed by atoms with E-state index in [1.54, 1.807) is 14.2 Å². The van der Waals surface area contributed by atoms with Gasteiger partial charge < -0.3 is 20.1 Å². The summed E-state index contributed by atoms with van der Waals surface area (Å²) in [4.78, 5) is 12.8. The number of carbonyl (C=O) groups excluding carboxylic acids is 1. The van der Waals surface area contributed by atoms with E-state index in [1.807, 2.05) is 71.5 Å². The second-order valence-electron chi connectivity index (χ2n) is 7.78. The van der Waals surface area contributed by atoms with Crippen LogP contribution in [0.4, 0.5) is 5.69 Å². The van der Waals surface area contributed by atoms with Crippen molar-refractivity contribution in [3.63, 3.8) is 0 Å². The molecule has 2 heterocycles. The van der Waals surface area contributed by atoms with Gasteiger partial charge in [0, 0.05) is 23.0 Å². The molecule has 1 aromatic heterocycles. The molecule has 2 N–H and O–H groups in total. The number of nitrogens with one attached hydrogen (secondary N) is 2. The number of rotatable bonds is 6. The van der Waals surface area contributed by atoms with Crippen LogP contribution in [0.15, 0.2) is 79.0 Å². The molecule has 1 aliphatic rings. The molecular weight excluding hydrogens is 416 g/mol. The number of hydrogen-bond acceptors (Lipinski definition) is 5.